The second-order valence-electron chi connectivity index (χ2n) is 5.04. The topological polar surface area (TPSA) is 87.3 Å². The highest BCUT2D eigenvalue weighted by Crippen LogP contribution is 2.13. The highest BCUT2D eigenvalue weighted by molar-refractivity contribution is 5.94. The number of nitrogens with one attached hydrogen (secondary N) is 3. The van der Waals surface area contributed by atoms with Crippen LogP contribution in [-0.2, 0) is 16.1 Å². The van der Waals surface area contributed by atoms with Crippen LogP contribution in [0.4, 0.5) is 0 Å². The van der Waals surface area contributed by atoms with Gasteiger partial charge in [-0.1, -0.05) is 12.1 Å². The molecular weight excluding hydrogens is 270 g/mol. The minimum atomic E-state index is -0.263. The van der Waals surface area contributed by atoms with E-state index in [0.29, 0.717) is 25.1 Å². The second-order valence-corrected chi connectivity index (χ2v) is 5.04. The van der Waals surface area contributed by atoms with Crippen LogP contribution < -0.4 is 16.0 Å². The van der Waals surface area contributed by atoms with Crippen molar-refractivity contribution in [2.75, 3.05) is 13.6 Å². The van der Waals surface area contributed by atoms with Crippen molar-refractivity contribution in [1.82, 2.24) is 16.0 Å². The second kappa shape index (κ2) is 6.88. The molecule has 1 aromatic carbocycles. The maximum absolute atomic E-state index is 12.0. The van der Waals surface area contributed by atoms with Crippen molar-refractivity contribution in [3.8, 4) is 0 Å². The van der Waals surface area contributed by atoms with E-state index in [1.54, 1.807) is 25.2 Å². The summed E-state index contributed by atoms with van der Waals surface area (Å²) in [5.41, 5.74) is 1.41. The van der Waals surface area contributed by atoms with Crippen molar-refractivity contribution < 1.29 is 14.4 Å². The molecule has 1 atom stereocenters. The molecule has 2 rings (SSSR count). The van der Waals surface area contributed by atoms with E-state index in [4.69, 9.17) is 0 Å². The lowest BCUT2D eigenvalue weighted by atomic mass is 9.96. The van der Waals surface area contributed by atoms with Gasteiger partial charge in [0.05, 0.1) is 0 Å². The lowest BCUT2D eigenvalue weighted by Gasteiger charge is -2.21. The zero-order chi connectivity index (χ0) is 15.2. The van der Waals surface area contributed by atoms with Crippen molar-refractivity contribution in [2.45, 2.75) is 19.4 Å². The molecule has 112 valence electrons. The molecule has 6 heteroatoms. The minimum Gasteiger partial charge on any atom is -0.356 e. The van der Waals surface area contributed by atoms with Crippen molar-refractivity contribution in [2.24, 2.45) is 5.92 Å². The quantitative estimate of drug-likeness (QED) is 0.739. The summed E-state index contributed by atoms with van der Waals surface area (Å²) >= 11 is 0. The third-order valence-corrected chi connectivity index (χ3v) is 3.50. The Hall–Kier alpha value is -2.37. The first-order valence-electron chi connectivity index (χ1n) is 6.95. The Morgan fingerprint density at radius 3 is 2.90 bits per heavy atom. The van der Waals surface area contributed by atoms with Crippen LogP contribution in [0.3, 0.4) is 0 Å². The monoisotopic (exact) mass is 289 g/mol. The molecule has 0 aromatic heterocycles. The predicted molar refractivity (Wildman–Crippen MR) is 77.4 cm³/mol. The van der Waals surface area contributed by atoms with Gasteiger partial charge in [-0.25, -0.2) is 0 Å². The molecule has 3 N–H and O–H groups in total. The molecule has 1 heterocycles. The highest BCUT2D eigenvalue weighted by atomic mass is 16.2. The molecule has 0 spiro atoms. The Morgan fingerprint density at radius 1 is 1.38 bits per heavy atom. The molecule has 3 amide bonds. The van der Waals surface area contributed by atoms with Crippen LogP contribution in [-0.4, -0.2) is 31.3 Å². The van der Waals surface area contributed by atoms with Crippen molar-refractivity contribution in [3.63, 3.8) is 0 Å². The first-order valence-corrected chi connectivity index (χ1v) is 6.95. The van der Waals surface area contributed by atoms with Gasteiger partial charge in [-0.15, -0.1) is 0 Å². The lowest BCUT2D eigenvalue weighted by Crippen LogP contribution is -2.40. The molecule has 1 fully saturated rings. The summed E-state index contributed by atoms with van der Waals surface area (Å²) in [7, 11) is 1.57. The van der Waals surface area contributed by atoms with Crippen molar-refractivity contribution >= 4 is 17.7 Å². The van der Waals surface area contributed by atoms with Gasteiger partial charge >= 0.3 is 0 Å². The van der Waals surface area contributed by atoms with Crippen LogP contribution in [0.1, 0.15) is 28.8 Å². The Labute approximate surface area is 123 Å². The number of amides is 3. The fraction of sp³-hybridized carbons (Fsp3) is 0.400. The minimum absolute atomic E-state index is 0.0805. The molecule has 6 nitrogen and oxygen atoms in total. The number of benzene rings is 1. The molecule has 1 aliphatic heterocycles. The van der Waals surface area contributed by atoms with Gasteiger partial charge in [0.25, 0.3) is 5.91 Å². The number of carbonyl (C=O) groups excluding carboxylic acids is 3. The highest BCUT2D eigenvalue weighted by Gasteiger charge is 2.25. The van der Waals surface area contributed by atoms with Gasteiger partial charge in [0, 0.05) is 38.0 Å². The van der Waals surface area contributed by atoms with E-state index >= 15 is 0 Å². The maximum atomic E-state index is 12.0. The molecule has 0 radical (unpaired) electrons. The third kappa shape index (κ3) is 4.05. The fourth-order valence-corrected chi connectivity index (χ4v) is 2.31. The SMILES string of the molecule is CNC(=O)c1cccc(CNC(=O)C2CCNC(=O)C2)c1. The largest absolute Gasteiger partial charge is 0.356 e. The van der Waals surface area contributed by atoms with Gasteiger partial charge in [0.1, 0.15) is 0 Å². The summed E-state index contributed by atoms with van der Waals surface area (Å²) in [6.45, 7) is 0.894. The lowest BCUT2D eigenvalue weighted by molar-refractivity contribution is -0.132. The van der Waals surface area contributed by atoms with Gasteiger partial charge in [-0.05, 0) is 24.1 Å². The predicted octanol–water partition coefficient (Wildman–Crippen LogP) is 0.189. The molecule has 1 saturated heterocycles. The van der Waals surface area contributed by atoms with E-state index in [1.807, 2.05) is 6.07 Å². The van der Waals surface area contributed by atoms with Crippen molar-refractivity contribution in [3.05, 3.63) is 35.4 Å². The van der Waals surface area contributed by atoms with Crippen LogP contribution >= 0.6 is 0 Å². The third-order valence-electron chi connectivity index (χ3n) is 3.50. The molecule has 1 aliphatic rings. The molecule has 0 aliphatic carbocycles. The maximum Gasteiger partial charge on any atom is 0.251 e. The standard InChI is InChI=1S/C15H19N3O3/c1-16-14(20)11-4-2-3-10(7-11)9-18-15(21)12-5-6-17-13(19)8-12/h2-4,7,12H,5-6,8-9H2,1H3,(H,16,20)(H,17,19)(H,18,21). The molecule has 1 aromatic rings. The molecule has 1 unspecified atom stereocenters. The van der Waals surface area contributed by atoms with Gasteiger partial charge in [0.2, 0.25) is 11.8 Å². The van der Waals surface area contributed by atoms with E-state index in [0.717, 1.165) is 5.56 Å². The Kier molecular flexibility index (Phi) is 4.92. The molecular formula is C15H19N3O3. The smallest absolute Gasteiger partial charge is 0.251 e. The van der Waals surface area contributed by atoms with Gasteiger partial charge in [0.15, 0.2) is 0 Å². The number of rotatable bonds is 4. The fourth-order valence-electron chi connectivity index (χ4n) is 2.31. The van der Waals surface area contributed by atoms with Crippen LogP contribution in [0, 0.1) is 5.92 Å². The van der Waals surface area contributed by atoms with Crippen LogP contribution in [0.2, 0.25) is 0 Å². The first kappa shape index (κ1) is 15.0. The number of carbonyl (C=O) groups is 3. The van der Waals surface area contributed by atoms with Crippen LogP contribution in [0.25, 0.3) is 0 Å². The zero-order valence-electron chi connectivity index (χ0n) is 11.9. The first-order chi connectivity index (χ1) is 10.1. The van der Waals surface area contributed by atoms with Crippen LogP contribution in [0.5, 0.6) is 0 Å². The Bertz CT molecular complexity index is 557. The zero-order valence-corrected chi connectivity index (χ0v) is 11.9. The van der Waals surface area contributed by atoms with E-state index < -0.39 is 0 Å². The van der Waals surface area contributed by atoms with Gasteiger partial charge in [-0.2, -0.15) is 0 Å². The van der Waals surface area contributed by atoms with Crippen molar-refractivity contribution in [1.29, 1.82) is 0 Å². The average Bonchev–Trinajstić information content (AvgIpc) is 2.52. The summed E-state index contributed by atoms with van der Waals surface area (Å²) in [5.74, 6) is -0.619. The van der Waals surface area contributed by atoms with Gasteiger partial charge in [-0.3, -0.25) is 14.4 Å². The molecule has 0 bridgehead atoms. The summed E-state index contributed by atoms with van der Waals surface area (Å²) in [6.07, 6.45) is 0.903. The summed E-state index contributed by atoms with van der Waals surface area (Å²) in [4.78, 5) is 34.8. The summed E-state index contributed by atoms with van der Waals surface area (Å²) in [5, 5.41) is 8.09. The van der Waals surface area contributed by atoms with E-state index in [2.05, 4.69) is 16.0 Å². The normalized spacial score (nSPS) is 17.8. The Morgan fingerprint density at radius 2 is 2.19 bits per heavy atom. The van der Waals surface area contributed by atoms with E-state index in [1.165, 1.54) is 0 Å². The Balaban J connectivity index is 1.92. The summed E-state index contributed by atoms with van der Waals surface area (Å²) < 4.78 is 0. The molecule has 0 saturated carbocycles. The average molecular weight is 289 g/mol. The molecule has 21 heavy (non-hydrogen) atoms. The van der Waals surface area contributed by atoms with E-state index in [-0.39, 0.29) is 30.1 Å². The van der Waals surface area contributed by atoms with E-state index in [9.17, 15) is 14.4 Å². The van der Waals surface area contributed by atoms with Gasteiger partial charge < -0.3 is 16.0 Å². The number of piperidine rings is 1. The number of hydrogen-bond acceptors (Lipinski definition) is 3. The van der Waals surface area contributed by atoms with Crippen LogP contribution in [0.15, 0.2) is 24.3 Å². The number of hydrogen-bond donors (Lipinski definition) is 3. The summed E-state index contributed by atoms with van der Waals surface area (Å²) in [6, 6.07) is 7.09.